The predicted molar refractivity (Wildman–Crippen MR) is 162 cm³/mol. The number of hydrogen-bond acceptors (Lipinski definition) is 7. The zero-order valence-corrected chi connectivity index (χ0v) is 24.2. The van der Waals surface area contributed by atoms with E-state index in [1.807, 2.05) is 42.5 Å². The minimum atomic E-state index is -3.68. The minimum absolute atomic E-state index is 0.0469. The smallest absolute Gasteiger partial charge is 0.252 e. The zero-order chi connectivity index (χ0) is 29.6. The van der Waals surface area contributed by atoms with Gasteiger partial charge in [0.15, 0.2) is 15.4 Å². The van der Waals surface area contributed by atoms with E-state index in [4.69, 9.17) is 19.6 Å². The van der Waals surface area contributed by atoms with Crippen LogP contribution in [0.15, 0.2) is 107 Å². The Morgan fingerprint density at radius 1 is 0.976 bits per heavy atom. The van der Waals surface area contributed by atoms with Gasteiger partial charge in [0.05, 0.1) is 17.3 Å². The molecule has 0 bridgehead atoms. The van der Waals surface area contributed by atoms with Crippen molar-refractivity contribution < 1.29 is 27.8 Å². The van der Waals surface area contributed by atoms with Crippen LogP contribution < -0.4 is 10.1 Å². The van der Waals surface area contributed by atoms with Crippen LogP contribution in [0.25, 0.3) is 10.8 Å². The molecule has 0 fully saturated rings. The maximum absolute atomic E-state index is 14.0. The van der Waals surface area contributed by atoms with E-state index in [1.165, 1.54) is 0 Å². The molecule has 8 nitrogen and oxygen atoms in total. The zero-order valence-electron chi connectivity index (χ0n) is 23.4. The van der Waals surface area contributed by atoms with E-state index in [1.54, 1.807) is 61.5 Å². The molecular formula is C33H34N2O6S. The van der Waals surface area contributed by atoms with Gasteiger partial charge >= 0.3 is 0 Å². The second kappa shape index (κ2) is 12.8. The van der Waals surface area contributed by atoms with Crippen molar-refractivity contribution in [1.82, 2.24) is 5.32 Å². The Balaban J connectivity index is 1.43. The van der Waals surface area contributed by atoms with Crippen molar-refractivity contribution in [3.05, 3.63) is 108 Å². The van der Waals surface area contributed by atoms with Crippen LogP contribution >= 0.6 is 0 Å². The summed E-state index contributed by atoms with van der Waals surface area (Å²) in [6.45, 7) is 2.44. The quantitative estimate of drug-likeness (QED) is 0.233. The summed E-state index contributed by atoms with van der Waals surface area (Å²) in [5, 5.41) is 14.1. The molecule has 1 aliphatic heterocycles. The number of nitrogens with one attached hydrogen (secondary N) is 1. The lowest BCUT2D eigenvalue weighted by atomic mass is 9.90. The average Bonchev–Trinajstić information content (AvgIpc) is 3.36. The molecule has 0 saturated carbocycles. The standard InChI is InChI=1S/C33H34N2O6S/c1-24-33(19-22-42(38,39)29-12-3-2-4-13-29,32(37)34-23-27-11-7-10-25-9-5-6-14-30(25)27)35-31(41-24)26-15-17-28(18-16-26)40-21-8-20-36/h2-7,9-18,24,36H,8,19-23H2,1H3,(H,34,37)/t24-,33-/m1/s1. The largest absolute Gasteiger partial charge is 0.494 e. The summed E-state index contributed by atoms with van der Waals surface area (Å²) in [7, 11) is -3.68. The fraction of sp³-hybridized carbons (Fsp3) is 0.273. The van der Waals surface area contributed by atoms with E-state index in [0.717, 1.165) is 16.3 Å². The number of fused-ring (bicyclic) bond motifs is 1. The number of sulfone groups is 1. The number of aliphatic imine (C=N–C) groups is 1. The average molecular weight is 587 g/mol. The number of amides is 1. The highest BCUT2D eigenvalue weighted by molar-refractivity contribution is 7.91. The summed E-state index contributed by atoms with van der Waals surface area (Å²) in [5.41, 5.74) is 0.130. The number of carbonyl (C=O) groups is 1. The number of hydrogen-bond donors (Lipinski definition) is 2. The lowest BCUT2D eigenvalue weighted by Gasteiger charge is -2.28. The van der Waals surface area contributed by atoms with Crippen LogP contribution in [0.4, 0.5) is 0 Å². The monoisotopic (exact) mass is 586 g/mol. The van der Waals surface area contributed by atoms with Crippen molar-refractivity contribution in [3.63, 3.8) is 0 Å². The van der Waals surface area contributed by atoms with E-state index in [0.29, 0.717) is 24.3 Å². The molecule has 218 valence electrons. The number of benzene rings is 4. The van der Waals surface area contributed by atoms with Crippen molar-refractivity contribution in [2.75, 3.05) is 19.0 Å². The molecule has 42 heavy (non-hydrogen) atoms. The molecule has 1 aliphatic rings. The molecule has 2 atom stereocenters. The van der Waals surface area contributed by atoms with Crippen LogP contribution in [0.2, 0.25) is 0 Å². The van der Waals surface area contributed by atoms with E-state index < -0.39 is 27.4 Å². The maximum atomic E-state index is 14.0. The summed E-state index contributed by atoms with van der Waals surface area (Å²) >= 11 is 0. The number of aliphatic hydroxyl groups is 1. The fourth-order valence-electron chi connectivity index (χ4n) is 5.06. The molecule has 0 aliphatic carbocycles. The first-order valence-electron chi connectivity index (χ1n) is 14.0. The summed E-state index contributed by atoms with van der Waals surface area (Å²) in [6, 6.07) is 29.2. The van der Waals surface area contributed by atoms with Gasteiger partial charge in [-0.2, -0.15) is 0 Å². The molecular weight excluding hydrogens is 552 g/mol. The molecule has 5 rings (SSSR count). The van der Waals surface area contributed by atoms with Crippen LogP contribution in [-0.4, -0.2) is 55.9 Å². The van der Waals surface area contributed by atoms with Crippen molar-refractivity contribution in [2.24, 2.45) is 4.99 Å². The molecule has 0 saturated heterocycles. The first-order valence-corrected chi connectivity index (χ1v) is 15.6. The first kappa shape index (κ1) is 29.3. The SMILES string of the molecule is C[C@H]1OC(c2ccc(OCCCO)cc2)=N[C@@]1(CCS(=O)(=O)c1ccccc1)C(=O)NCc1cccc2ccccc12. The molecule has 1 heterocycles. The topological polar surface area (TPSA) is 114 Å². The lowest BCUT2D eigenvalue weighted by molar-refractivity contribution is -0.128. The Kier molecular flexibility index (Phi) is 8.89. The van der Waals surface area contributed by atoms with Gasteiger partial charge in [0, 0.05) is 25.1 Å². The molecule has 1 amide bonds. The Morgan fingerprint density at radius 3 is 2.45 bits per heavy atom. The number of ether oxygens (including phenoxy) is 2. The third-order valence-corrected chi connectivity index (χ3v) is 9.23. The van der Waals surface area contributed by atoms with Gasteiger partial charge in [-0.05, 0) is 66.1 Å². The molecule has 0 unspecified atom stereocenters. The third-order valence-electron chi connectivity index (χ3n) is 7.50. The van der Waals surface area contributed by atoms with Gasteiger partial charge in [-0.15, -0.1) is 0 Å². The highest BCUT2D eigenvalue weighted by Crippen LogP contribution is 2.34. The summed E-state index contributed by atoms with van der Waals surface area (Å²) in [6.07, 6.45) is -0.248. The molecule has 0 spiro atoms. The van der Waals surface area contributed by atoms with E-state index in [-0.39, 0.29) is 36.1 Å². The van der Waals surface area contributed by atoms with E-state index in [9.17, 15) is 13.2 Å². The summed E-state index contributed by atoms with van der Waals surface area (Å²) in [5.74, 6) is 0.222. The Morgan fingerprint density at radius 2 is 1.69 bits per heavy atom. The van der Waals surface area contributed by atoms with Crippen LogP contribution in [0, 0.1) is 0 Å². The summed E-state index contributed by atoms with van der Waals surface area (Å²) in [4.78, 5) is 19.0. The van der Waals surface area contributed by atoms with Gasteiger partial charge < -0.3 is 19.9 Å². The fourth-order valence-corrected chi connectivity index (χ4v) is 6.45. The molecule has 9 heteroatoms. The van der Waals surface area contributed by atoms with Crippen LogP contribution in [0.5, 0.6) is 5.75 Å². The van der Waals surface area contributed by atoms with Gasteiger partial charge in [0.2, 0.25) is 5.90 Å². The number of nitrogens with zero attached hydrogens (tertiary/aromatic N) is 1. The Labute approximate surface area is 245 Å². The van der Waals surface area contributed by atoms with Crippen molar-refractivity contribution >= 4 is 32.4 Å². The predicted octanol–water partition coefficient (Wildman–Crippen LogP) is 4.69. The van der Waals surface area contributed by atoms with Crippen LogP contribution in [0.1, 0.15) is 30.9 Å². The van der Waals surface area contributed by atoms with Gasteiger partial charge in [0.1, 0.15) is 11.9 Å². The van der Waals surface area contributed by atoms with Crippen molar-refractivity contribution in [2.45, 2.75) is 42.8 Å². The van der Waals surface area contributed by atoms with Crippen molar-refractivity contribution in [1.29, 1.82) is 0 Å². The molecule has 0 aromatic heterocycles. The van der Waals surface area contributed by atoms with Crippen LogP contribution in [-0.2, 0) is 25.9 Å². The van der Waals surface area contributed by atoms with E-state index >= 15 is 0 Å². The first-order chi connectivity index (χ1) is 20.3. The van der Waals surface area contributed by atoms with Gasteiger partial charge in [0.25, 0.3) is 5.91 Å². The second-order valence-corrected chi connectivity index (χ2v) is 12.4. The van der Waals surface area contributed by atoms with Gasteiger partial charge in [-0.1, -0.05) is 60.7 Å². The van der Waals surface area contributed by atoms with Crippen molar-refractivity contribution in [3.8, 4) is 5.75 Å². The van der Waals surface area contributed by atoms with E-state index in [2.05, 4.69) is 5.32 Å². The van der Waals surface area contributed by atoms with Crippen LogP contribution in [0.3, 0.4) is 0 Å². The number of carbonyl (C=O) groups excluding carboxylic acids is 1. The summed E-state index contributed by atoms with van der Waals surface area (Å²) < 4.78 is 38.2. The number of aliphatic hydroxyl groups excluding tert-OH is 1. The molecule has 2 N–H and O–H groups in total. The number of rotatable bonds is 12. The maximum Gasteiger partial charge on any atom is 0.252 e. The highest BCUT2D eigenvalue weighted by atomic mass is 32.2. The highest BCUT2D eigenvalue weighted by Gasteiger charge is 2.50. The minimum Gasteiger partial charge on any atom is -0.494 e. The molecule has 4 aromatic carbocycles. The second-order valence-electron chi connectivity index (χ2n) is 10.3. The molecule has 0 radical (unpaired) electrons. The molecule has 4 aromatic rings. The van der Waals surface area contributed by atoms with Gasteiger partial charge in [-0.25, -0.2) is 13.4 Å². The lowest BCUT2D eigenvalue weighted by Crippen LogP contribution is -2.51. The third kappa shape index (κ3) is 6.32. The Bertz CT molecular complexity index is 1670. The van der Waals surface area contributed by atoms with Gasteiger partial charge in [-0.3, -0.25) is 4.79 Å². The Hall–Kier alpha value is -4.21. The normalized spacial score (nSPS) is 18.3.